The molecule has 5 nitrogen and oxygen atoms in total. The van der Waals surface area contributed by atoms with E-state index >= 15 is 0 Å². The first kappa shape index (κ1) is 13.4. The summed E-state index contributed by atoms with van der Waals surface area (Å²) in [6.07, 6.45) is 4.29. The maximum absolute atomic E-state index is 12.0. The van der Waals surface area contributed by atoms with Crippen LogP contribution in [0.2, 0.25) is 0 Å². The van der Waals surface area contributed by atoms with E-state index in [1.165, 1.54) is 11.4 Å². The van der Waals surface area contributed by atoms with Crippen LogP contribution in [-0.2, 0) is 14.8 Å². The van der Waals surface area contributed by atoms with Crippen LogP contribution in [0.15, 0.2) is 0 Å². The molecular weight excluding hydrogens is 230 g/mol. The number of carboxylic acid groups (broad SMARTS) is 1. The summed E-state index contributed by atoms with van der Waals surface area (Å²) < 4.78 is 25.3. The Kier molecular flexibility index (Phi) is 4.73. The minimum atomic E-state index is -3.29. The molecule has 1 rings (SSSR count). The number of hydrogen-bond acceptors (Lipinski definition) is 3. The fourth-order valence-corrected chi connectivity index (χ4v) is 3.78. The standard InChI is InChI=1S/C10H19NO4S/c1-11(8-7-10(12)13)16(14,15)9-5-3-2-4-6-9/h9H,2-8H2,1H3,(H,12,13). The van der Waals surface area contributed by atoms with Crippen LogP contribution in [0.4, 0.5) is 0 Å². The second-order valence-electron chi connectivity index (χ2n) is 4.27. The van der Waals surface area contributed by atoms with Gasteiger partial charge in [-0.1, -0.05) is 19.3 Å². The fraction of sp³-hybridized carbons (Fsp3) is 0.900. The van der Waals surface area contributed by atoms with Crippen LogP contribution in [0, 0.1) is 0 Å². The van der Waals surface area contributed by atoms with E-state index in [-0.39, 0.29) is 18.2 Å². The number of aliphatic carboxylic acids is 1. The van der Waals surface area contributed by atoms with Gasteiger partial charge in [0.2, 0.25) is 10.0 Å². The van der Waals surface area contributed by atoms with Gasteiger partial charge in [-0.2, -0.15) is 0 Å². The molecule has 0 heterocycles. The molecule has 0 aliphatic heterocycles. The van der Waals surface area contributed by atoms with Crippen molar-refractivity contribution in [2.45, 2.75) is 43.8 Å². The molecule has 94 valence electrons. The molecule has 0 unspecified atom stereocenters. The van der Waals surface area contributed by atoms with Crippen molar-refractivity contribution in [1.82, 2.24) is 4.31 Å². The summed E-state index contributed by atoms with van der Waals surface area (Å²) >= 11 is 0. The molecule has 0 aromatic heterocycles. The summed E-state index contributed by atoms with van der Waals surface area (Å²) in [5.74, 6) is -0.967. The van der Waals surface area contributed by atoms with Gasteiger partial charge in [0.1, 0.15) is 0 Å². The van der Waals surface area contributed by atoms with Crippen LogP contribution in [0.1, 0.15) is 38.5 Å². The minimum Gasteiger partial charge on any atom is -0.481 e. The zero-order valence-electron chi connectivity index (χ0n) is 9.55. The highest BCUT2D eigenvalue weighted by molar-refractivity contribution is 7.89. The third-order valence-corrected chi connectivity index (χ3v) is 5.41. The van der Waals surface area contributed by atoms with Gasteiger partial charge in [0.05, 0.1) is 11.7 Å². The van der Waals surface area contributed by atoms with E-state index in [4.69, 9.17) is 5.11 Å². The highest BCUT2D eigenvalue weighted by Gasteiger charge is 2.30. The lowest BCUT2D eigenvalue weighted by molar-refractivity contribution is -0.137. The first-order valence-electron chi connectivity index (χ1n) is 5.61. The van der Waals surface area contributed by atoms with Gasteiger partial charge in [-0.15, -0.1) is 0 Å². The first-order valence-corrected chi connectivity index (χ1v) is 7.12. The predicted octanol–water partition coefficient (Wildman–Crippen LogP) is 1.06. The molecule has 6 heteroatoms. The van der Waals surface area contributed by atoms with Gasteiger partial charge in [0.25, 0.3) is 0 Å². The quantitative estimate of drug-likeness (QED) is 0.790. The van der Waals surface area contributed by atoms with E-state index in [1.54, 1.807) is 0 Å². The van der Waals surface area contributed by atoms with E-state index in [1.807, 2.05) is 0 Å². The smallest absolute Gasteiger partial charge is 0.304 e. The van der Waals surface area contributed by atoms with E-state index in [2.05, 4.69) is 0 Å². The lowest BCUT2D eigenvalue weighted by atomic mass is 10.0. The number of nitrogens with zero attached hydrogens (tertiary/aromatic N) is 1. The van der Waals surface area contributed by atoms with Crippen LogP contribution in [0.5, 0.6) is 0 Å². The van der Waals surface area contributed by atoms with Gasteiger partial charge < -0.3 is 5.11 Å². The largest absolute Gasteiger partial charge is 0.481 e. The molecule has 1 aliphatic rings. The molecule has 16 heavy (non-hydrogen) atoms. The summed E-state index contributed by atoms with van der Waals surface area (Å²) in [6, 6.07) is 0. The molecule has 0 amide bonds. The Bertz CT molecular complexity index is 333. The van der Waals surface area contributed by atoms with Crippen molar-refractivity contribution in [2.75, 3.05) is 13.6 Å². The summed E-state index contributed by atoms with van der Waals surface area (Å²) in [4.78, 5) is 10.4. The van der Waals surface area contributed by atoms with Crippen LogP contribution in [-0.4, -0.2) is 42.6 Å². The Morgan fingerprint density at radius 2 is 1.88 bits per heavy atom. The predicted molar refractivity (Wildman–Crippen MR) is 60.7 cm³/mol. The molecule has 0 aromatic rings. The van der Waals surface area contributed by atoms with Crippen LogP contribution < -0.4 is 0 Å². The van der Waals surface area contributed by atoms with Crippen molar-refractivity contribution in [3.8, 4) is 0 Å². The average molecular weight is 249 g/mol. The number of hydrogen-bond donors (Lipinski definition) is 1. The first-order chi connectivity index (χ1) is 7.44. The Morgan fingerprint density at radius 3 is 2.38 bits per heavy atom. The number of carboxylic acids is 1. The van der Waals surface area contributed by atoms with E-state index in [0.29, 0.717) is 12.8 Å². The number of rotatable bonds is 5. The highest BCUT2D eigenvalue weighted by Crippen LogP contribution is 2.25. The molecule has 0 atom stereocenters. The molecule has 1 N–H and O–H groups in total. The molecule has 0 aromatic carbocycles. The zero-order chi connectivity index (χ0) is 12.2. The maximum atomic E-state index is 12.0. The van der Waals surface area contributed by atoms with Crippen molar-refractivity contribution in [1.29, 1.82) is 0 Å². The van der Waals surface area contributed by atoms with Gasteiger partial charge in [-0.05, 0) is 12.8 Å². The molecular formula is C10H19NO4S. The second kappa shape index (κ2) is 5.63. The maximum Gasteiger partial charge on any atom is 0.304 e. The van der Waals surface area contributed by atoms with E-state index in [0.717, 1.165) is 19.3 Å². The molecule has 0 spiro atoms. The SMILES string of the molecule is CN(CCC(=O)O)S(=O)(=O)C1CCCCC1. The summed E-state index contributed by atoms with van der Waals surface area (Å²) in [7, 11) is -1.82. The van der Waals surface area contributed by atoms with E-state index in [9.17, 15) is 13.2 Å². The fourth-order valence-electron chi connectivity index (χ4n) is 2.00. The monoisotopic (exact) mass is 249 g/mol. The number of sulfonamides is 1. The molecule has 1 saturated carbocycles. The van der Waals surface area contributed by atoms with Crippen molar-refractivity contribution in [2.24, 2.45) is 0 Å². The Balaban J connectivity index is 2.57. The molecule has 1 aliphatic carbocycles. The van der Waals surface area contributed by atoms with Crippen LogP contribution >= 0.6 is 0 Å². The Labute approximate surface area is 96.5 Å². The lowest BCUT2D eigenvalue weighted by Gasteiger charge is -2.26. The van der Waals surface area contributed by atoms with Gasteiger partial charge in [-0.25, -0.2) is 12.7 Å². The second-order valence-corrected chi connectivity index (χ2v) is 6.59. The van der Waals surface area contributed by atoms with Crippen molar-refractivity contribution in [3.63, 3.8) is 0 Å². The normalized spacial score (nSPS) is 18.9. The number of carbonyl (C=O) groups is 1. The Hall–Kier alpha value is -0.620. The summed E-state index contributed by atoms with van der Waals surface area (Å²) in [6.45, 7) is 0.0637. The molecule has 0 bridgehead atoms. The van der Waals surface area contributed by atoms with Crippen LogP contribution in [0.25, 0.3) is 0 Å². The zero-order valence-corrected chi connectivity index (χ0v) is 10.4. The molecule has 0 saturated heterocycles. The summed E-state index contributed by atoms with van der Waals surface area (Å²) in [5, 5.41) is 8.21. The molecule has 1 fully saturated rings. The lowest BCUT2D eigenvalue weighted by Crippen LogP contribution is -2.38. The van der Waals surface area contributed by atoms with Crippen molar-refractivity contribution in [3.05, 3.63) is 0 Å². The van der Waals surface area contributed by atoms with Crippen molar-refractivity contribution < 1.29 is 18.3 Å². The Morgan fingerprint density at radius 1 is 1.31 bits per heavy atom. The van der Waals surface area contributed by atoms with Gasteiger partial charge in [0, 0.05) is 13.6 Å². The van der Waals surface area contributed by atoms with Crippen LogP contribution in [0.3, 0.4) is 0 Å². The van der Waals surface area contributed by atoms with Gasteiger partial charge in [0.15, 0.2) is 0 Å². The van der Waals surface area contributed by atoms with E-state index < -0.39 is 16.0 Å². The van der Waals surface area contributed by atoms with Gasteiger partial charge in [-0.3, -0.25) is 4.79 Å². The third kappa shape index (κ3) is 3.45. The molecule has 0 radical (unpaired) electrons. The summed E-state index contributed by atoms with van der Waals surface area (Å²) in [5.41, 5.74) is 0. The minimum absolute atomic E-state index is 0.0637. The topological polar surface area (TPSA) is 74.7 Å². The average Bonchev–Trinajstić information content (AvgIpc) is 2.27. The van der Waals surface area contributed by atoms with Crippen molar-refractivity contribution >= 4 is 16.0 Å². The third-order valence-electron chi connectivity index (χ3n) is 3.05. The van der Waals surface area contributed by atoms with Gasteiger partial charge >= 0.3 is 5.97 Å². The highest BCUT2D eigenvalue weighted by atomic mass is 32.2.